The van der Waals surface area contributed by atoms with Gasteiger partial charge in [0.2, 0.25) is 0 Å². The van der Waals surface area contributed by atoms with Crippen molar-refractivity contribution in [3.05, 3.63) is 53.6 Å². The molecule has 3 nitrogen and oxygen atoms in total. The molecule has 0 saturated carbocycles. The van der Waals surface area contributed by atoms with Gasteiger partial charge in [-0.25, -0.2) is 4.39 Å². The normalized spacial score (nSPS) is 12.6. The molecular weight excluding hydrogens is 229 g/mol. The van der Waals surface area contributed by atoms with Crippen molar-refractivity contribution in [2.75, 3.05) is 0 Å². The summed E-state index contributed by atoms with van der Waals surface area (Å²) in [5.74, 6) is -0.150. The van der Waals surface area contributed by atoms with Crippen LogP contribution in [0.1, 0.15) is 30.5 Å². The van der Waals surface area contributed by atoms with Crippen LogP contribution in [-0.2, 0) is 13.6 Å². The van der Waals surface area contributed by atoms with Gasteiger partial charge in [-0.15, -0.1) is 0 Å². The number of hydrogen-bond acceptors (Lipinski definition) is 2. The van der Waals surface area contributed by atoms with Crippen LogP contribution in [0.2, 0.25) is 0 Å². The van der Waals surface area contributed by atoms with Crippen molar-refractivity contribution in [3.8, 4) is 0 Å². The summed E-state index contributed by atoms with van der Waals surface area (Å²) < 4.78 is 15.5. The predicted octanol–water partition coefficient (Wildman–Crippen LogP) is 2.80. The molecule has 1 N–H and O–H groups in total. The number of aryl methyl sites for hydroxylation is 1. The fourth-order valence-electron chi connectivity index (χ4n) is 2.04. The molecule has 0 aliphatic rings. The largest absolute Gasteiger partial charge is 0.306 e. The first-order chi connectivity index (χ1) is 8.70. The highest BCUT2D eigenvalue weighted by Gasteiger charge is 2.12. The SMILES string of the molecule is CCC(NCc1cnn(C)c1)c1ccccc1F. The van der Waals surface area contributed by atoms with Gasteiger partial charge in [0, 0.05) is 37.0 Å². The van der Waals surface area contributed by atoms with Crippen LogP contribution in [0.5, 0.6) is 0 Å². The molecule has 0 aliphatic carbocycles. The summed E-state index contributed by atoms with van der Waals surface area (Å²) in [6.45, 7) is 2.74. The minimum atomic E-state index is -0.150. The van der Waals surface area contributed by atoms with E-state index in [1.54, 1.807) is 10.7 Å². The minimum Gasteiger partial charge on any atom is -0.306 e. The Morgan fingerprint density at radius 2 is 2.17 bits per heavy atom. The Labute approximate surface area is 107 Å². The van der Waals surface area contributed by atoms with E-state index in [1.807, 2.05) is 38.5 Å². The molecule has 1 aromatic carbocycles. The van der Waals surface area contributed by atoms with E-state index in [0.29, 0.717) is 6.54 Å². The van der Waals surface area contributed by atoms with Crippen LogP contribution in [0, 0.1) is 5.82 Å². The fourth-order valence-corrected chi connectivity index (χ4v) is 2.04. The lowest BCUT2D eigenvalue weighted by molar-refractivity contribution is 0.488. The number of aromatic nitrogens is 2. The van der Waals surface area contributed by atoms with Gasteiger partial charge in [-0.2, -0.15) is 5.10 Å². The lowest BCUT2D eigenvalue weighted by Crippen LogP contribution is -2.21. The number of hydrogen-bond donors (Lipinski definition) is 1. The lowest BCUT2D eigenvalue weighted by Gasteiger charge is -2.17. The molecule has 1 aromatic heterocycles. The van der Waals surface area contributed by atoms with Crippen LogP contribution in [0.25, 0.3) is 0 Å². The molecule has 2 rings (SSSR count). The monoisotopic (exact) mass is 247 g/mol. The molecule has 0 bridgehead atoms. The molecule has 0 saturated heterocycles. The number of rotatable bonds is 5. The zero-order chi connectivity index (χ0) is 13.0. The number of halogens is 1. The zero-order valence-corrected chi connectivity index (χ0v) is 10.7. The Kier molecular flexibility index (Phi) is 4.10. The van der Waals surface area contributed by atoms with Crippen molar-refractivity contribution in [2.24, 2.45) is 7.05 Å². The van der Waals surface area contributed by atoms with Crippen molar-refractivity contribution >= 4 is 0 Å². The van der Waals surface area contributed by atoms with E-state index in [-0.39, 0.29) is 11.9 Å². The third kappa shape index (κ3) is 2.96. The molecule has 0 spiro atoms. The van der Waals surface area contributed by atoms with Gasteiger partial charge in [0.15, 0.2) is 0 Å². The van der Waals surface area contributed by atoms with Crippen molar-refractivity contribution < 1.29 is 4.39 Å². The first-order valence-electron chi connectivity index (χ1n) is 6.16. The zero-order valence-electron chi connectivity index (χ0n) is 10.7. The van der Waals surface area contributed by atoms with E-state index in [4.69, 9.17) is 0 Å². The van der Waals surface area contributed by atoms with Crippen molar-refractivity contribution in [1.82, 2.24) is 15.1 Å². The predicted molar refractivity (Wildman–Crippen MR) is 69.5 cm³/mol. The highest BCUT2D eigenvalue weighted by Crippen LogP contribution is 2.20. The molecule has 1 atom stereocenters. The van der Waals surface area contributed by atoms with Gasteiger partial charge >= 0.3 is 0 Å². The Balaban J connectivity index is 2.04. The van der Waals surface area contributed by atoms with Crippen LogP contribution in [0.3, 0.4) is 0 Å². The quantitative estimate of drug-likeness (QED) is 0.880. The van der Waals surface area contributed by atoms with E-state index in [0.717, 1.165) is 17.5 Å². The second kappa shape index (κ2) is 5.78. The van der Waals surface area contributed by atoms with Crippen LogP contribution >= 0.6 is 0 Å². The van der Waals surface area contributed by atoms with E-state index in [9.17, 15) is 4.39 Å². The summed E-state index contributed by atoms with van der Waals surface area (Å²) >= 11 is 0. The Bertz CT molecular complexity index is 507. The van der Waals surface area contributed by atoms with E-state index in [1.165, 1.54) is 6.07 Å². The van der Waals surface area contributed by atoms with Gasteiger partial charge in [-0.3, -0.25) is 4.68 Å². The molecule has 0 aliphatic heterocycles. The maximum Gasteiger partial charge on any atom is 0.127 e. The highest BCUT2D eigenvalue weighted by molar-refractivity contribution is 5.21. The van der Waals surface area contributed by atoms with E-state index >= 15 is 0 Å². The van der Waals surface area contributed by atoms with E-state index in [2.05, 4.69) is 10.4 Å². The van der Waals surface area contributed by atoms with Gasteiger partial charge in [0.1, 0.15) is 5.82 Å². The Morgan fingerprint density at radius 1 is 1.39 bits per heavy atom. The summed E-state index contributed by atoms with van der Waals surface area (Å²) in [5.41, 5.74) is 1.83. The molecular formula is C14H18FN3. The minimum absolute atomic E-state index is 0.0337. The highest BCUT2D eigenvalue weighted by atomic mass is 19.1. The summed E-state index contributed by atoms with van der Waals surface area (Å²) in [4.78, 5) is 0. The second-order valence-corrected chi connectivity index (χ2v) is 4.39. The smallest absolute Gasteiger partial charge is 0.127 e. The summed E-state index contributed by atoms with van der Waals surface area (Å²) in [5, 5.41) is 7.48. The summed E-state index contributed by atoms with van der Waals surface area (Å²) in [6.07, 6.45) is 4.63. The van der Waals surface area contributed by atoms with Crippen LogP contribution in [0.15, 0.2) is 36.7 Å². The lowest BCUT2D eigenvalue weighted by atomic mass is 10.0. The molecule has 4 heteroatoms. The third-order valence-corrected chi connectivity index (χ3v) is 3.00. The Hall–Kier alpha value is -1.68. The molecule has 2 aromatic rings. The van der Waals surface area contributed by atoms with Gasteiger partial charge in [0.05, 0.1) is 6.20 Å². The van der Waals surface area contributed by atoms with Crippen molar-refractivity contribution in [2.45, 2.75) is 25.9 Å². The van der Waals surface area contributed by atoms with Crippen molar-refractivity contribution in [3.63, 3.8) is 0 Å². The topological polar surface area (TPSA) is 29.9 Å². The number of benzene rings is 1. The van der Waals surface area contributed by atoms with Crippen LogP contribution in [0.4, 0.5) is 4.39 Å². The molecule has 96 valence electrons. The van der Waals surface area contributed by atoms with Gasteiger partial charge in [0.25, 0.3) is 0 Å². The molecule has 1 unspecified atom stereocenters. The molecule has 18 heavy (non-hydrogen) atoms. The van der Waals surface area contributed by atoms with Gasteiger partial charge < -0.3 is 5.32 Å². The maximum absolute atomic E-state index is 13.7. The molecule has 0 amide bonds. The average molecular weight is 247 g/mol. The standard InChI is InChI=1S/C14H18FN3/c1-3-14(12-6-4-5-7-13(12)15)16-8-11-9-17-18(2)10-11/h4-7,9-10,14,16H,3,8H2,1-2H3. The molecule has 0 radical (unpaired) electrons. The van der Waals surface area contributed by atoms with Crippen LogP contribution < -0.4 is 5.32 Å². The van der Waals surface area contributed by atoms with Crippen LogP contribution in [-0.4, -0.2) is 9.78 Å². The third-order valence-electron chi connectivity index (χ3n) is 3.00. The molecule has 0 fully saturated rings. The number of nitrogens with zero attached hydrogens (tertiary/aromatic N) is 2. The van der Waals surface area contributed by atoms with Gasteiger partial charge in [-0.05, 0) is 12.5 Å². The molecule has 1 heterocycles. The maximum atomic E-state index is 13.7. The summed E-state index contributed by atoms with van der Waals surface area (Å²) in [6, 6.07) is 6.95. The summed E-state index contributed by atoms with van der Waals surface area (Å²) in [7, 11) is 1.89. The second-order valence-electron chi connectivity index (χ2n) is 4.39. The van der Waals surface area contributed by atoms with Gasteiger partial charge in [-0.1, -0.05) is 25.1 Å². The average Bonchev–Trinajstić information content (AvgIpc) is 2.78. The number of nitrogens with one attached hydrogen (secondary N) is 1. The first-order valence-corrected chi connectivity index (χ1v) is 6.16. The van der Waals surface area contributed by atoms with Crippen molar-refractivity contribution in [1.29, 1.82) is 0 Å². The van der Waals surface area contributed by atoms with E-state index < -0.39 is 0 Å². The first kappa shape index (κ1) is 12.8. The fraction of sp³-hybridized carbons (Fsp3) is 0.357. The Morgan fingerprint density at radius 3 is 2.78 bits per heavy atom.